The minimum absolute atomic E-state index is 0.192. The summed E-state index contributed by atoms with van der Waals surface area (Å²) in [5.74, 6) is 0.192. The van der Waals surface area contributed by atoms with Gasteiger partial charge >= 0.3 is 6.03 Å². The molecule has 2 heterocycles. The van der Waals surface area contributed by atoms with Gasteiger partial charge in [0.15, 0.2) is 5.03 Å². The Morgan fingerprint density at radius 1 is 1.60 bits per heavy atom. The van der Waals surface area contributed by atoms with Gasteiger partial charge in [-0.15, -0.1) is 5.10 Å². The lowest BCUT2D eigenvalue weighted by molar-refractivity contribution is -0.665. The van der Waals surface area contributed by atoms with Crippen molar-refractivity contribution in [2.45, 2.75) is 0 Å². The van der Waals surface area contributed by atoms with E-state index in [4.69, 9.17) is 0 Å². The van der Waals surface area contributed by atoms with Crippen LogP contribution in [0.3, 0.4) is 0 Å². The summed E-state index contributed by atoms with van der Waals surface area (Å²) in [6.07, 6.45) is 1.84. The first-order valence-electron chi connectivity index (χ1n) is 4.06. The minimum Gasteiger partial charge on any atom is -0.269 e. The molecule has 2 rings (SSSR count). The fourth-order valence-corrected chi connectivity index (χ4v) is 1.74. The van der Waals surface area contributed by atoms with E-state index < -0.39 is 11.1 Å². The molecule has 2 aliphatic heterocycles. The predicted molar refractivity (Wildman–Crippen MR) is 51.7 cm³/mol. The van der Waals surface area contributed by atoms with E-state index in [1.807, 2.05) is 6.26 Å². The zero-order valence-electron chi connectivity index (χ0n) is 7.78. The van der Waals surface area contributed by atoms with E-state index in [1.54, 1.807) is 4.41 Å². The fourth-order valence-electron chi connectivity index (χ4n) is 1.32. The van der Waals surface area contributed by atoms with Crippen LogP contribution in [0, 0.1) is 10.1 Å². The lowest BCUT2D eigenvalue weighted by atomic mass is 10.6. The Morgan fingerprint density at radius 2 is 2.33 bits per heavy atom. The molecule has 2 amide bonds. The van der Waals surface area contributed by atoms with Crippen molar-refractivity contribution in [3.8, 4) is 0 Å². The van der Waals surface area contributed by atoms with E-state index in [-0.39, 0.29) is 5.96 Å². The van der Waals surface area contributed by atoms with Gasteiger partial charge in [-0.25, -0.2) is 19.3 Å². The van der Waals surface area contributed by atoms with Crippen LogP contribution in [0.1, 0.15) is 0 Å². The SMILES string of the molecule is CSN1CCN2C(=N1)NC(=O)N2[N+](=O)[O-]. The number of hydrogen-bond donors (Lipinski definition) is 1. The Morgan fingerprint density at radius 3 is 2.93 bits per heavy atom. The molecule has 0 radical (unpaired) electrons. The second kappa shape index (κ2) is 3.46. The van der Waals surface area contributed by atoms with Crippen LogP contribution in [0.4, 0.5) is 4.79 Å². The van der Waals surface area contributed by atoms with E-state index in [1.165, 1.54) is 17.0 Å². The normalized spacial score (nSPS) is 19.9. The van der Waals surface area contributed by atoms with Crippen LogP contribution in [0.5, 0.6) is 0 Å². The van der Waals surface area contributed by atoms with Crippen LogP contribution >= 0.6 is 11.9 Å². The Bertz CT molecular complexity index is 346. The summed E-state index contributed by atoms with van der Waals surface area (Å²) >= 11 is 1.39. The maximum Gasteiger partial charge on any atom is 0.408 e. The quantitative estimate of drug-likeness (QED) is 0.384. The lowest BCUT2D eigenvalue weighted by Gasteiger charge is -2.27. The first-order chi connectivity index (χ1) is 7.13. The Hall–Kier alpha value is -1.71. The van der Waals surface area contributed by atoms with Crippen molar-refractivity contribution in [1.29, 1.82) is 0 Å². The van der Waals surface area contributed by atoms with Gasteiger partial charge in [0.25, 0.3) is 0 Å². The third kappa shape index (κ3) is 1.52. The van der Waals surface area contributed by atoms with E-state index in [9.17, 15) is 14.9 Å². The summed E-state index contributed by atoms with van der Waals surface area (Å²) in [5, 5.41) is 17.8. The Kier molecular flexibility index (Phi) is 2.26. The Balaban J connectivity index is 2.24. The molecule has 1 N–H and O–H groups in total. The molecular weight excluding hydrogens is 224 g/mol. The monoisotopic (exact) mass is 232 g/mol. The van der Waals surface area contributed by atoms with Crippen LogP contribution in [-0.2, 0) is 0 Å². The van der Waals surface area contributed by atoms with Crippen molar-refractivity contribution in [3.63, 3.8) is 0 Å². The van der Waals surface area contributed by atoms with Crippen molar-refractivity contribution >= 4 is 23.9 Å². The second-order valence-corrected chi connectivity index (χ2v) is 3.55. The summed E-state index contributed by atoms with van der Waals surface area (Å²) in [6.45, 7) is 0.864. The number of urea groups is 1. The summed E-state index contributed by atoms with van der Waals surface area (Å²) in [7, 11) is 0. The number of nitrogens with one attached hydrogen (secondary N) is 1. The molecule has 1 saturated heterocycles. The molecule has 0 atom stereocenters. The number of hydrogen-bond acceptors (Lipinski definition) is 7. The molecule has 15 heavy (non-hydrogen) atoms. The van der Waals surface area contributed by atoms with E-state index in [2.05, 4.69) is 10.4 Å². The fraction of sp³-hybridized carbons (Fsp3) is 0.600. The first-order valence-corrected chi connectivity index (χ1v) is 5.25. The highest BCUT2D eigenvalue weighted by Crippen LogP contribution is 2.16. The highest BCUT2D eigenvalue weighted by Gasteiger charge is 2.44. The topological polar surface area (TPSA) is 94.3 Å². The Labute approximate surface area is 88.9 Å². The molecule has 1 fully saturated rings. The van der Waals surface area contributed by atoms with Gasteiger partial charge in [-0.1, -0.05) is 0 Å². The van der Waals surface area contributed by atoms with E-state index in [0.29, 0.717) is 18.2 Å². The van der Waals surface area contributed by atoms with E-state index in [0.717, 1.165) is 0 Å². The molecular formula is C5H8N6O3S. The molecule has 0 aliphatic carbocycles. The molecule has 0 spiro atoms. The molecule has 9 nitrogen and oxygen atoms in total. The van der Waals surface area contributed by atoms with Crippen molar-refractivity contribution in [1.82, 2.24) is 19.9 Å². The summed E-state index contributed by atoms with van der Waals surface area (Å²) in [6, 6.07) is -0.790. The predicted octanol–water partition coefficient (Wildman–Crippen LogP) is -0.715. The molecule has 82 valence electrons. The minimum atomic E-state index is -0.790. The highest BCUT2D eigenvalue weighted by molar-refractivity contribution is 7.96. The van der Waals surface area contributed by atoms with Crippen LogP contribution in [0.15, 0.2) is 5.10 Å². The van der Waals surface area contributed by atoms with Crippen molar-refractivity contribution < 1.29 is 9.83 Å². The maximum absolute atomic E-state index is 11.2. The lowest BCUT2D eigenvalue weighted by Crippen LogP contribution is -2.49. The van der Waals surface area contributed by atoms with Crippen LogP contribution in [-0.4, -0.2) is 50.9 Å². The average Bonchev–Trinajstić information content (AvgIpc) is 2.52. The maximum atomic E-state index is 11.2. The van der Waals surface area contributed by atoms with Crippen LogP contribution in [0.25, 0.3) is 0 Å². The molecule has 0 aromatic carbocycles. The zero-order valence-corrected chi connectivity index (χ0v) is 8.60. The van der Waals surface area contributed by atoms with Crippen molar-refractivity contribution in [2.75, 3.05) is 19.3 Å². The number of hydrazone groups is 1. The molecule has 0 aromatic heterocycles. The number of guanidine groups is 1. The number of carbonyl (C=O) groups excluding carboxylic acids is 1. The highest BCUT2D eigenvalue weighted by atomic mass is 32.2. The standard InChI is InChI=1S/C5H8N6O3S/c1-15-9-3-2-8-4(7-9)6-5(12)10(8)11(13)14/h2-3H2,1H3,(H,6,7,12). The molecule has 0 unspecified atom stereocenters. The molecule has 0 bridgehead atoms. The number of amides is 2. The third-order valence-corrected chi connectivity index (χ3v) is 2.63. The van der Waals surface area contributed by atoms with Crippen LogP contribution in [0.2, 0.25) is 0 Å². The number of fused-ring (bicyclic) bond motifs is 1. The van der Waals surface area contributed by atoms with E-state index >= 15 is 0 Å². The van der Waals surface area contributed by atoms with Crippen molar-refractivity contribution in [3.05, 3.63) is 10.1 Å². The molecule has 0 saturated carbocycles. The molecule has 2 aliphatic rings. The number of hydrazine groups is 2. The van der Waals surface area contributed by atoms with Gasteiger partial charge in [0.1, 0.15) is 0 Å². The second-order valence-electron chi connectivity index (χ2n) is 2.76. The van der Waals surface area contributed by atoms with Gasteiger partial charge in [-0.2, -0.15) is 5.01 Å². The third-order valence-electron chi connectivity index (χ3n) is 1.95. The number of nitro groups is 1. The number of carbonyl (C=O) groups is 1. The van der Waals surface area contributed by atoms with Gasteiger partial charge in [0, 0.05) is 6.26 Å². The largest absolute Gasteiger partial charge is 0.408 e. The zero-order chi connectivity index (χ0) is 11.0. The van der Waals surface area contributed by atoms with Crippen molar-refractivity contribution in [2.24, 2.45) is 5.10 Å². The first kappa shape index (κ1) is 9.83. The summed E-state index contributed by atoms with van der Waals surface area (Å²) in [4.78, 5) is 21.8. The summed E-state index contributed by atoms with van der Waals surface area (Å²) < 4.78 is 1.65. The number of nitrogens with zero attached hydrogens (tertiary/aromatic N) is 5. The molecule has 10 heteroatoms. The molecule has 0 aromatic rings. The van der Waals surface area contributed by atoms with Gasteiger partial charge in [-0.05, 0) is 11.9 Å². The summed E-state index contributed by atoms with van der Waals surface area (Å²) in [5.41, 5.74) is 0. The van der Waals surface area contributed by atoms with Crippen LogP contribution < -0.4 is 5.32 Å². The number of rotatable bonds is 2. The smallest absolute Gasteiger partial charge is 0.269 e. The average molecular weight is 232 g/mol. The van der Waals surface area contributed by atoms with Gasteiger partial charge in [0.2, 0.25) is 5.96 Å². The van der Waals surface area contributed by atoms with Gasteiger partial charge < -0.3 is 0 Å². The van der Waals surface area contributed by atoms with Gasteiger partial charge in [-0.3, -0.25) is 5.32 Å². The van der Waals surface area contributed by atoms with Gasteiger partial charge in [0.05, 0.1) is 18.2 Å².